The van der Waals surface area contributed by atoms with Gasteiger partial charge < -0.3 is 20.8 Å². The number of aliphatic carboxylic acids is 2. The molecule has 172 valence electrons. The summed E-state index contributed by atoms with van der Waals surface area (Å²) in [4.78, 5) is 43.5. The molecule has 0 radical (unpaired) electrons. The van der Waals surface area contributed by atoms with Crippen LogP contribution in [0.2, 0.25) is 0 Å². The second-order valence-corrected chi connectivity index (χ2v) is 9.52. The van der Waals surface area contributed by atoms with Crippen LogP contribution in [-0.4, -0.2) is 64.2 Å². The van der Waals surface area contributed by atoms with Crippen molar-refractivity contribution in [1.82, 2.24) is 10.6 Å². The summed E-state index contributed by atoms with van der Waals surface area (Å²) in [6, 6.07) is 0.168. The Hall–Kier alpha value is -1.63. The normalized spacial score (nSPS) is 23.3. The minimum absolute atomic E-state index is 0.00659. The fourth-order valence-corrected chi connectivity index (χ4v) is 5.20. The fraction of sp³-hybridized carbons (Fsp3) is 0.765. The summed E-state index contributed by atoms with van der Waals surface area (Å²) >= 11 is 0. The van der Waals surface area contributed by atoms with Gasteiger partial charge in [0.25, 0.3) is 0 Å². The Kier molecular flexibility index (Phi) is 11.4. The Morgan fingerprint density at radius 3 is 2.30 bits per heavy atom. The summed E-state index contributed by atoms with van der Waals surface area (Å²) in [5.41, 5.74) is 0. The van der Waals surface area contributed by atoms with Crippen molar-refractivity contribution in [2.45, 2.75) is 50.7 Å². The van der Waals surface area contributed by atoms with Crippen LogP contribution < -0.4 is 10.6 Å². The minimum atomic E-state index is -5.08. The number of fused-ring (bicyclic) bond motifs is 1. The zero-order chi connectivity index (χ0) is 22.7. The number of carboxylic acid groups (broad SMARTS) is 2. The molecule has 0 aromatic rings. The molecule has 13 heteroatoms. The Balaban J connectivity index is 0.000000553. The summed E-state index contributed by atoms with van der Waals surface area (Å²) in [6.07, 6.45) is -0.367. The highest BCUT2D eigenvalue weighted by molar-refractivity contribution is 8.76. The van der Waals surface area contributed by atoms with Gasteiger partial charge in [0.15, 0.2) is 0 Å². The van der Waals surface area contributed by atoms with E-state index in [1.807, 2.05) is 0 Å². The van der Waals surface area contributed by atoms with E-state index in [0.717, 1.165) is 31.4 Å². The third kappa shape index (κ3) is 9.92. The molecule has 1 heterocycles. The lowest BCUT2D eigenvalue weighted by atomic mass is 9.72. The number of amides is 2. The van der Waals surface area contributed by atoms with E-state index in [9.17, 15) is 27.6 Å². The van der Waals surface area contributed by atoms with E-state index in [-0.39, 0.29) is 36.1 Å². The smallest absolute Gasteiger partial charge is 0.481 e. The van der Waals surface area contributed by atoms with E-state index in [0.29, 0.717) is 18.7 Å². The number of carbonyl (C=O) groups excluding carboxylic acids is 2. The molecule has 0 aromatic carbocycles. The lowest BCUT2D eigenvalue weighted by molar-refractivity contribution is -0.192. The van der Waals surface area contributed by atoms with Gasteiger partial charge in [-0.15, -0.1) is 0 Å². The summed E-state index contributed by atoms with van der Waals surface area (Å²) in [7, 11) is 3.07. The van der Waals surface area contributed by atoms with Gasteiger partial charge in [0.05, 0.1) is 12.3 Å². The van der Waals surface area contributed by atoms with Gasteiger partial charge in [-0.25, -0.2) is 4.79 Å². The lowest BCUT2D eigenvalue weighted by Crippen LogP contribution is -2.54. The summed E-state index contributed by atoms with van der Waals surface area (Å²) in [5, 5.41) is 21.6. The number of carbonyl (C=O) groups is 4. The van der Waals surface area contributed by atoms with Crippen LogP contribution in [0.3, 0.4) is 0 Å². The van der Waals surface area contributed by atoms with Crippen LogP contribution in [0.5, 0.6) is 0 Å². The molecular formula is C17H25F3N2O6S2. The Labute approximate surface area is 179 Å². The van der Waals surface area contributed by atoms with Gasteiger partial charge in [-0.05, 0) is 18.8 Å². The van der Waals surface area contributed by atoms with Gasteiger partial charge in [-0.3, -0.25) is 14.4 Å². The lowest BCUT2D eigenvalue weighted by Gasteiger charge is -2.40. The standard InChI is InChI=1S/C15H24N2O4S2.C2HF3O2/c18-13-9-11(10-3-1-2-4-12(10)17-13)15(21)16-6-8-23-22-7-5-14(19)20;3-2(4,5)1(6)7/h10-12H,1-9H2,(H,16,21)(H,17,18)(H,19,20);(H,6,7). The molecule has 2 rings (SSSR count). The average molecular weight is 475 g/mol. The van der Waals surface area contributed by atoms with Gasteiger partial charge in [0.1, 0.15) is 0 Å². The number of hydrogen-bond acceptors (Lipinski definition) is 6. The van der Waals surface area contributed by atoms with Crippen LogP contribution in [0.15, 0.2) is 0 Å². The predicted octanol–water partition coefficient (Wildman–Crippen LogP) is 2.29. The molecular weight excluding hydrogens is 449 g/mol. The zero-order valence-corrected chi connectivity index (χ0v) is 17.7. The predicted molar refractivity (Wildman–Crippen MR) is 106 cm³/mol. The van der Waals surface area contributed by atoms with Crippen LogP contribution >= 0.6 is 21.6 Å². The van der Waals surface area contributed by atoms with Crippen molar-refractivity contribution >= 4 is 45.3 Å². The van der Waals surface area contributed by atoms with E-state index < -0.39 is 18.1 Å². The Morgan fingerprint density at radius 2 is 1.70 bits per heavy atom. The molecule has 2 fully saturated rings. The second-order valence-electron chi connectivity index (χ2n) is 6.81. The van der Waals surface area contributed by atoms with Gasteiger partial charge in [-0.2, -0.15) is 13.2 Å². The number of alkyl halides is 3. The average Bonchev–Trinajstić information content (AvgIpc) is 2.65. The number of piperidine rings is 1. The molecule has 1 aliphatic heterocycles. The molecule has 3 atom stereocenters. The maximum Gasteiger partial charge on any atom is 0.490 e. The van der Waals surface area contributed by atoms with Crippen LogP contribution in [-0.2, 0) is 19.2 Å². The van der Waals surface area contributed by atoms with E-state index in [1.165, 1.54) is 10.8 Å². The highest BCUT2D eigenvalue weighted by Gasteiger charge is 2.41. The molecule has 2 aliphatic rings. The van der Waals surface area contributed by atoms with Crippen molar-refractivity contribution in [3.05, 3.63) is 0 Å². The molecule has 1 saturated heterocycles. The molecule has 0 bridgehead atoms. The SMILES string of the molecule is O=C(O)C(F)(F)F.O=C(O)CCSSCCNC(=O)C1CC(=O)NC2CCCCC21. The number of rotatable bonds is 8. The first-order chi connectivity index (χ1) is 14.0. The molecule has 2 amide bonds. The van der Waals surface area contributed by atoms with Crippen molar-refractivity contribution in [2.75, 3.05) is 18.1 Å². The maximum atomic E-state index is 12.4. The third-order valence-electron chi connectivity index (χ3n) is 4.63. The van der Waals surface area contributed by atoms with Crippen LogP contribution in [0, 0.1) is 11.8 Å². The van der Waals surface area contributed by atoms with Crippen LogP contribution in [0.1, 0.15) is 38.5 Å². The number of halogens is 3. The van der Waals surface area contributed by atoms with Gasteiger partial charge in [-0.1, -0.05) is 34.4 Å². The molecule has 0 spiro atoms. The zero-order valence-electron chi connectivity index (χ0n) is 16.1. The topological polar surface area (TPSA) is 133 Å². The van der Waals surface area contributed by atoms with E-state index in [2.05, 4.69) is 10.6 Å². The molecule has 0 aromatic heterocycles. The van der Waals surface area contributed by atoms with E-state index in [1.54, 1.807) is 10.8 Å². The summed E-state index contributed by atoms with van der Waals surface area (Å²) in [5.74, 6) is -2.17. The third-order valence-corrected chi connectivity index (χ3v) is 7.04. The first kappa shape index (κ1) is 26.4. The molecule has 3 unspecified atom stereocenters. The number of hydrogen-bond donors (Lipinski definition) is 4. The van der Waals surface area contributed by atoms with Crippen molar-refractivity contribution in [1.29, 1.82) is 0 Å². The Bertz CT molecular complexity index is 621. The maximum absolute atomic E-state index is 12.4. The van der Waals surface area contributed by atoms with E-state index in [4.69, 9.17) is 15.0 Å². The van der Waals surface area contributed by atoms with E-state index >= 15 is 0 Å². The van der Waals surface area contributed by atoms with Crippen LogP contribution in [0.4, 0.5) is 13.2 Å². The van der Waals surface area contributed by atoms with Crippen molar-refractivity contribution < 1.29 is 42.6 Å². The highest BCUT2D eigenvalue weighted by atomic mass is 33.1. The summed E-state index contributed by atoms with van der Waals surface area (Å²) in [6.45, 7) is 0.555. The molecule has 30 heavy (non-hydrogen) atoms. The number of carboxylic acids is 2. The molecule has 1 saturated carbocycles. The summed E-state index contributed by atoms with van der Waals surface area (Å²) < 4.78 is 31.7. The monoisotopic (exact) mass is 474 g/mol. The van der Waals surface area contributed by atoms with Crippen molar-refractivity contribution in [3.63, 3.8) is 0 Å². The quantitative estimate of drug-likeness (QED) is 0.311. The first-order valence-corrected chi connectivity index (χ1v) is 11.8. The molecule has 1 aliphatic carbocycles. The van der Waals surface area contributed by atoms with Crippen LogP contribution in [0.25, 0.3) is 0 Å². The fourth-order valence-electron chi connectivity index (χ4n) is 3.32. The highest BCUT2D eigenvalue weighted by Crippen LogP contribution is 2.35. The van der Waals surface area contributed by atoms with Crippen molar-refractivity contribution in [2.24, 2.45) is 11.8 Å². The minimum Gasteiger partial charge on any atom is -0.481 e. The number of nitrogens with one attached hydrogen (secondary N) is 2. The molecule has 4 N–H and O–H groups in total. The van der Waals surface area contributed by atoms with Crippen molar-refractivity contribution in [3.8, 4) is 0 Å². The van der Waals surface area contributed by atoms with Gasteiger partial charge in [0.2, 0.25) is 11.8 Å². The molecule has 8 nitrogen and oxygen atoms in total. The Morgan fingerprint density at radius 1 is 1.10 bits per heavy atom. The second kappa shape index (κ2) is 12.9. The van der Waals surface area contributed by atoms with Gasteiger partial charge in [0, 0.05) is 30.5 Å². The first-order valence-electron chi connectivity index (χ1n) is 9.35. The largest absolute Gasteiger partial charge is 0.490 e. The van der Waals surface area contributed by atoms with Gasteiger partial charge >= 0.3 is 18.1 Å².